The number of benzene rings is 1. The third-order valence-corrected chi connectivity index (χ3v) is 4.13. The summed E-state index contributed by atoms with van der Waals surface area (Å²) in [4.78, 5) is 9.06. The van der Waals surface area contributed by atoms with Gasteiger partial charge in [-0.2, -0.15) is 0 Å². The van der Waals surface area contributed by atoms with Crippen LogP contribution in [0.2, 0.25) is 0 Å². The second kappa shape index (κ2) is 6.97. The lowest BCUT2D eigenvalue weighted by Crippen LogP contribution is -2.08. The minimum absolute atomic E-state index is 0.210. The van der Waals surface area contributed by atoms with Gasteiger partial charge in [-0.15, -0.1) is 0 Å². The molecule has 5 heteroatoms. The van der Waals surface area contributed by atoms with E-state index in [2.05, 4.69) is 44.8 Å². The molecule has 1 N–H and O–H groups in total. The van der Waals surface area contributed by atoms with Gasteiger partial charge in [0.2, 0.25) is 0 Å². The quantitative estimate of drug-likeness (QED) is 0.796. The molecule has 20 heavy (non-hydrogen) atoms. The van der Waals surface area contributed by atoms with E-state index in [1.807, 2.05) is 13.1 Å². The highest BCUT2D eigenvalue weighted by atomic mass is 127. The summed E-state index contributed by atoms with van der Waals surface area (Å²) in [6.45, 7) is 2.12. The van der Waals surface area contributed by atoms with Gasteiger partial charge in [0.05, 0.1) is 9.26 Å². The van der Waals surface area contributed by atoms with Crippen LogP contribution >= 0.6 is 22.6 Å². The molecule has 0 atom stereocenters. The standard InChI is InChI=1S/C15H17FIN3/c1-3-6-12-14(17)15(18-2)20-13(19-12)9-10-7-4-5-8-11(10)16/h4-5,7-8H,3,6,9H2,1-2H3,(H,18,19,20). The molecular formula is C15H17FIN3. The van der Waals surface area contributed by atoms with E-state index in [1.54, 1.807) is 12.1 Å². The molecule has 0 saturated heterocycles. The van der Waals surface area contributed by atoms with Crippen molar-refractivity contribution in [2.24, 2.45) is 0 Å². The van der Waals surface area contributed by atoms with Crippen molar-refractivity contribution < 1.29 is 4.39 Å². The highest BCUT2D eigenvalue weighted by Crippen LogP contribution is 2.21. The summed E-state index contributed by atoms with van der Waals surface area (Å²) in [5, 5.41) is 3.08. The van der Waals surface area contributed by atoms with E-state index in [0.717, 1.165) is 27.9 Å². The number of nitrogens with zero attached hydrogens (tertiary/aromatic N) is 2. The molecule has 0 fully saturated rings. The van der Waals surface area contributed by atoms with Crippen LogP contribution in [0.3, 0.4) is 0 Å². The first-order valence-corrected chi connectivity index (χ1v) is 7.70. The number of aromatic nitrogens is 2. The van der Waals surface area contributed by atoms with E-state index in [9.17, 15) is 4.39 Å². The van der Waals surface area contributed by atoms with Crippen LogP contribution in [-0.2, 0) is 12.8 Å². The molecule has 0 saturated carbocycles. The SMILES string of the molecule is CCCc1nc(Cc2ccccc2F)nc(NC)c1I. The zero-order chi connectivity index (χ0) is 14.5. The zero-order valence-corrected chi connectivity index (χ0v) is 13.7. The summed E-state index contributed by atoms with van der Waals surface area (Å²) >= 11 is 2.26. The fraction of sp³-hybridized carbons (Fsp3) is 0.333. The molecule has 0 radical (unpaired) electrons. The van der Waals surface area contributed by atoms with Crippen LogP contribution in [0.4, 0.5) is 10.2 Å². The Bertz CT molecular complexity index is 602. The predicted octanol–water partition coefficient (Wildman–Crippen LogP) is 3.81. The Morgan fingerprint density at radius 2 is 2.00 bits per heavy atom. The van der Waals surface area contributed by atoms with E-state index < -0.39 is 0 Å². The highest BCUT2D eigenvalue weighted by Gasteiger charge is 2.12. The number of rotatable bonds is 5. The Labute approximate surface area is 132 Å². The molecule has 0 spiro atoms. The second-order valence-electron chi connectivity index (χ2n) is 4.52. The van der Waals surface area contributed by atoms with Gasteiger partial charge in [-0.1, -0.05) is 31.5 Å². The largest absolute Gasteiger partial charge is 0.372 e. The molecule has 1 heterocycles. The van der Waals surface area contributed by atoms with Crippen LogP contribution in [0.1, 0.15) is 30.4 Å². The van der Waals surface area contributed by atoms with Crippen LogP contribution < -0.4 is 5.32 Å². The summed E-state index contributed by atoms with van der Waals surface area (Å²) < 4.78 is 14.8. The van der Waals surface area contributed by atoms with Crippen molar-refractivity contribution in [2.45, 2.75) is 26.2 Å². The molecule has 0 amide bonds. The summed E-state index contributed by atoms with van der Waals surface area (Å²) in [7, 11) is 1.84. The number of aryl methyl sites for hydroxylation is 1. The normalized spacial score (nSPS) is 10.6. The molecule has 0 bridgehead atoms. The first-order chi connectivity index (χ1) is 9.65. The van der Waals surface area contributed by atoms with Gasteiger partial charge in [-0.3, -0.25) is 0 Å². The van der Waals surface area contributed by atoms with Gasteiger partial charge in [0.15, 0.2) is 0 Å². The van der Waals surface area contributed by atoms with E-state index in [4.69, 9.17) is 0 Å². The maximum atomic E-state index is 13.7. The van der Waals surface area contributed by atoms with Crippen molar-refractivity contribution in [1.29, 1.82) is 0 Å². The minimum Gasteiger partial charge on any atom is -0.372 e. The average molecular weight is 385 g/mol. The van der Waals surface area contributed by atoms with Crippen molar-refractivity contribution >= 4 is 28.4 Å². The fourth-order valence-electron chi connectivity index (χ4n) is 2.00. The van der Waals surface area contributed by atoms with Crippen molar-refractivity contribution in [3.05, 3.63) is 50.7 Å². The van der Waals surface area contributed by atoms with Crippen molar-refractivity contribution in [2.75, 3.05) is 12.4 Å². The topological polar surface area (TPSA) is 37.8 Å². The Hall–Kier alpha value is -1.24. The summed E-state index contributed by atoms with van der Waals surface area (Å²) in [6.07, 6.45) is 2.34. The number of anilines is 1. The van der Waals surface area contributed by atoms with E-state index in [0.29, 0.717) is 17.8 Å². The first kappa shape index (κ1) is 15.2. The number of hydrogen-bond donors (Lipinski definition) is 1. The molecule has 2 aromatic rings. The van der Waals surface area contributed by atoms with Crippen LogP contribution in [0, 0.1) is 9.39 Å². The molecule has 0 aliphatic heterocycles. The van der Waals surface area contributed by atoms with Crippen LogP contribution in [0.5, 0.6) is 0 Å². The lowest BCUT2D eigenvalue weighted by Gasteiger charge is -2.11. The molecule has 1 aromatic heterocycles. The molecule has 106 valence electrons. The average Bonchev–Trinajstić information content (AvgIpc) is 2.45. The monoisotopic (exact) mass is 385 g/mol. The number of hydrogen-bond acceptors (Lipinski definition) is 3. The van der Waals surface area contributed by atoms with E-state index in [1.165, 1.54) is 6.07 Å². The van der Waals surface area contributed by atoms with Gasteiger partial charge in [-0.25, -0.2) is 14.4 Å². The highest BCUT2D eigenvalue weighted by molar-refractivity contribution is 14.1. The number of nitrogens with one attached hydrogen (secondary N) is 1. The third-order valence-electron chi connectivity index (χ3n) is 3.00. The third kappa shape index (κ3) is 3.45. The minimum atomic E-state index is -0.210. The predicted molar refractivity (Wildman–Crippen MR) is 87.5 cm³/mol. The molecule has 0 unspecified atom stereocenters. The van der Waals surface area contributed by atoms with Gasteiger partial charge in [0, 0.05) is 13.5 Å². The lowest BCUT2D eigenvalue weighted by atomic mass is 10.1. The molecule has 1 aromatic carbocycles. The van der Waals surface area contributed by atoms with Crippen molar-refractivity contribution in [3.63, 3.8) is 0 Å². The Morgan fingerprint density at radius 1 is 1.25 bits per heavy atom. The molecule has 2 rings (SSSR count). The summed E-state index contributed by atoms with van der Waals surface area (Å²) in [6, 6.07) is 6.76. The molecular weight excluding hydrogens is 368 g/mol. The number of halogens is 2. The first-order valence-electron chi connectivity index (χ1n) is 6.62. The van der Waals surface area contributed by atoms with Gasteiger partial charge >= 0.3 is 0 Å². The Kier molecular flexibility index (Phi) is 5.28. The van der Waals surface area contributed by atoms with Gasteiger partial charge in [0.1, 0.15) is 17.5 Å². The van der Waals surface area contributed by atoms with Crippen LogP contribution in [0.25, 0.3) is 0 Å². The van der Waals surface area contributed by atoms with E-state index in [-0.39, 0.29) is 5.82 Å². The smallest absolute Gasteiger partial charge is 0.143 e. The molecule has 3 nitrogen and oxygen atoms in total. The van der Waals surface area contributed by atoms with Crippen molar-refractivity contribution in [3.8, 4) is 0 Å². The zero-order valence-electron chi connectivity index (χ0n) is 11.6. The molecule has 0 aliphatic carbocycles. The van der Waals surface area contributed by atoms with Gasteiger partial charge in [0.25, 0.3) is 0 Å². The lowest BCUT2D eigenvalue weighted by molar-refractivity contribution is 0.611. The maximum absolute atomic E-state index is 13.7. The fourth-order valence-corrected chi connectivity index (χ4v) is 2.78. The second-order valence-corrected chi connectivity index (χ2v) is 5.60. The maximum Gasteiger partial charge on any atom is 0.143 e. The van der Waals surface area contributed by atoms with Crippen molar-refractivity contribution in [1.82, 2.24) is 9.97 Å². The van der Waals surface area contributed by atoms with E-state index >= 15 is 0 Å². The van der Waals surface area contributed by atoms with Gasteiger partial charge in [-0.05, 0) is 40.6 Å². The Balaban J connectivity index is 2.37. The van der Waals surface area contributed by atoms with Crippen LogP contribution in [0.15, 0.2) is 24.3 Å². The summed E-state index contributed by atoms with van der Waals surface area (Å²) in [5.74, 6) is 1.26. The van der Waals surface area contributed by atoms with Gasteiger partial charge < -0.3 is 5.32 Å². The van der Waals surface area contributed by atoms with Crippen LogP contribution in [-0.4, -0.2) is 17.0 Å². The Morgan fingerprint density at radius 3 is 2.65 bits per heavy atom. The summed E-state index contributed by atoms with van der Waals surface area (Å²) in [5.41, 5.74) is 1.65. The molecule has 0 aliphatic rings.